The molecule has 2 aromatic heterocycles. The van der Waals surface area contributed by atoms with Gasteiger partial charge in [-0.3, -0.25) is 9.59 Å². The Morgan fingerprint density at radius 1 is 0.759 bits per heavy atom. The lowest BCUT2D eigenvalue weighted by atomic mass is 10.0. The minimum Gasteiger partial charge on any atom is -0.453 e. The number of hydrogen-bond acceptors (Lipinski definition) is 8. The molecule has 4 N–H and O–H groups in total. The summed E-state index contributed by atoms with van der Waals surface area (Å²) < 4.78 is 9.46. The molecule has 0 bridgehead atoms. The quantitative estimate of drug-likeness (QED) is 0.126. The van der Waals surface area contributed by atoms with Gasteiger partial charge < -0.3 is 39.9 Å². The Morgan fingerprint density at radius 3 is 1.65 bits per heavy atom. The second-order valence-electron chi connectivity index (χ2n) is 14.0. The summed E-state index contributed by atoms with van der Waals surface area (Å²) in [5.74, 6) is 0.984. The molecule has 2 saturated heterocycles. The van der Waals surface area contributed by atoms with E-state index in [0.717, 1.165) is 65.1 Å². The highest BCUT2D eigenvalue weighted by Gasteiger charge is 2.38. The number of ether oxygens (including phenoxy) is 2. The van der Waals surface area contributed by atoms with Crippen LogP contribution in [-0.2, 0) is 19.1 Å². The molecule has 54 heavy (non-hydrogen) atoms. The number of likely N-dealkylation sites (tertiary alicyclic amines) is 2. The third-order valence-corrected chi connectivity index (χ3v) is 10.2. The third kappa shape index (κ3) is 8.17. The van der Waals surface area contributed by atoms with Crippen molar-refractivity contribution < 1.29 is 28.7 Å². The number of amides is 4. The van der Waals surface area contributed by atoms with E-state index in [-0.39, 0.29) is 29.8 Å². The molecule has 0 unspecified atom stereocenters. The number of carbonyl (C=O) groups excluding carboxylic acids is 4. The number of benzene rings is 2. The second-order valence-corrected chi connectivity index (χ2v) is 14.0. The molecule has 4 heterocycles. The van der Waals surface area contributed by atoms with E-state index >= 15 is 0 Å². The Bertz CT molecular complexity index is 1950. The molecule has 2 aromatic carbocycles. The van der Waals surface area contributed by atoms with E-state index in [9.17, 15) is 19.2 Å². The number of imidazole rings is 2. The van der Waals surface area contributed by atoms with Gasteiger partial charge in [-0.25, -0.2) is 19.6 Å². The van der Waals surface area contributed by atoms with Crippen molar-refractivity contribution >= 4 is 24.0 Å². The van der Waals surface area contributed by atoms with E-state index in [2.05, 4.69) is 61.4 Å². The van der Waals surface area contributed by atoms with Crippen LogP contribution in [0.25, 0.3) is 33.6 Å². The molecular formula is C40H48N8O6. The van der Waals surface area contributed by atoms with Crippen LogP contribution in [0, 0.1) is 5.92 Å². The largest absolute Gasteiger partial charge is 0.453 e. The van der Waals surface area contributed by atoms with E-state index in [0.29, 0.717) is 25.3 Å². The third-order valence-electron chi connectivity index (χ3n) is 10.2. The first kappa shape index (κ1) is 37.8. The zero-order valence-electron chi connectivity index (χ0n) is 31.1. The standard InChI is InChI=1S/C40H48N8O6/c1-6-9-29(45-39(51)53-4)37(49)47-20-7-10-32(47)35-41-22-30(43-35)27-16-12-25(13-17-27)26-14-18-28(19-15-26)31-23-42-36(44-31)33-11-8-21-48(33)38(50)34(24(2)3)46-40(52)54-5/h6,12-19,22-24,29,32-34H,1,7-11,20-21H2,2-5H3,(H,41,43)(H,42,44)(H,45,51)(H,46,52)/t29-,32-,33-,34-/m0/s1. The molecule has 284 valence electrons. The number of nitrogens with zero attached hydrogens (tertiary/aromatic N) is 4. The van der Waals surface area contributed by atoms with Gasteiger partial charge in [-0.05, 0) is 60.3 Å². The molecule has 4 amide bonds. The average Bonchev–Trinajstić information content (AvgIpc) is 4.03. The van der Waals surface area contributed by atoms with Gasteiger partial charge in [0.05, 0.1) is 50.1 Å². The smallest absolute Gasteiger partial charge is 0.407 e. The lowest BCUT2D eigenvalue weighted by molar-refractivity contribution is -0.135. The summed E-state index contributed by atoms with van der Waals surface area (Å²) in [6.07, 6.45) is 7.42. The van der Waals surface area contributed by atoms with Gasteiger partial charge in [0.2, 0.25) is 11.8 Å². The maximum Gasteiger partial charge on any atom is 0.407 e. The molecule has 0 radical (unpaired) electrons. The number of H-pyrrole nitrogens is 2. The van der Waals surface area contributed by atoms with E-state index in [1.807, 2.05) is 38.1 Å². The fourth-order valence-electron chi connectivity index (χ4n) is 7.29. The van der Waals surface area contributed by atoms with Crippen LogP contribution in [-0.4, -0.2) is 93.1 Å². The summed E-state index contributed by atoms with van der Waals surface area (Å²) in [4.78, 5) is 70.5. The van der Waals surface area contributed by atoms with Gasteiger partial charge in [0.15, 0.2) is 0 Å². The Kier molecular flexibility index (Phi) is 11.8. The fraction of sp³-hybridized carbons (Fsp3) is 0.400. The van der Waals surface area contributed by atoms with Crippen molar-refractivity contribution in [2.45, 2.75) is 70.1 Å². The van der Waals surface area contributed by atoms with Gasteiger partial charge in [-0.1, -0.05) is 68.5 Å². The van der Waals surface area contributed by atoms with Crippen LogP contribution in [0.3, 0.4) is 0 Å². The number of methoxy groups -OCH3 is 2. The van der Waals surface area contributed by atoms with Crippen molar-refractivity contribution in [3.8, 4) is 33.6 Å². The highest BCUT2D eigenvalue weighted by atomic mass is 16.5. The SMILES string of the molecule is C=CC[C@H](NC(=O)OC)C(=O)N1CCC[C@H]1c1ncc(-c2ccc(-c3ccc(-c4cnc([C@@H]5CCCN5C(=O)[C@@H](NC(=O)OC)C(C)C)[nH]4)cc3)cc2)[nH]1. The molecule has 2 aliphatic heterocycles. The monoisotopic (exact) mass is 736 g/mol. The Morgan fingerprint density at radius 2 is 1.20 bits per heavy atom. The maximum absolute atomic E-state index is 13.5. The van der Waals surface area contributed by atoms with Crippen molar-refractivity contribution in [1.82, 2.24) is 40.4 Å². The normalized spacial score (nSPS) is 17.9. The summed E-state index contributed by atoms with van der Waals surface area (Å²) in [5, 5.41) is 5.31. The van der Waals surface area contributed by atoms with E-state index in [1.54, 1.807) is 28.3 Å². The van der Waals surface area contributed by atoms with Crippen molar-refractivity contribution in [2.75, 3.05) is 27.3 Å². The predicted molar refractivity (Wildman–Crippen MR) is 203 cm³/mol. The summed E-state index contributed by atoms with van der Waals surface area (Å²) in [6.45, 7) is 8.69. The Hall–Kier alpha value is -5.92. The van der Waals surface area contributed by atoms with Crippen molar-refractivity contribution in [2.24, 2.45) is 5.92 Å². The molecule has 14 nitrogen and oxygen atoms in total. The van der Waals surface area contributed by atoms with Crippen LogP contribution >= 0.6 is 0 Å². The zero-order valence-corrected chi connectivity index (χ0v) is 31.1. The van der Waals surface area contributed by atoms with Gasteiger partial charge >= 0.3 is 12.2 Å². The van der Waals surface area contributed by atoms with Gasteiger partial charge in [0, 0.05) is 13.1 Å². The van der Waals surface area contributed by atoms with E-state index in [4.69, 9.17) is 9.47 Å². The van der Waals surface area contributed by atoms with Crippen LogP contribution in [0.1, 0.15) is 69.7 Å². The molecular weight excluding hydrogens is 688 g/mol. The van der Waals surface area contributed by atoms with Crippen molar-refractivity contribution in [3.05, 3.63) is 85.2 Å². The molecule has 0 spiro atoms. The highest BCUT2D eigenvalue weighted by Crippen LogP contribution is 2.35. The minimum absolute atomic E-state index is 0.106. The number of alkyl carbamates (subject to hydrolysis) is 2. The summed E-state index contributed by atoms with van der Waals surface area (Å²) in [5.41, 5.74) is 5.74. The summed E-state index contributed by atoms with van der Waals surface area (Å²) in [7, 11) is 2.55. The molecule has 4 atom stereocenters. The number of hydrogen-bond donors (Lipinski definition) is 4. The zero-order chi connectivity index (χ0) is 38.4. The lowest BCUT2D eigenvalue weighted by Crippen LogP contribution is -2.51. The first-order valence-corrected chi connectivity index (χ1v) is 18.3. The molecule has 14 heteroatoms. The topological polar surface area (TPSA) is 175 Å². The highest BCUT2D eigenvalue weighted by molar-refractivity contribution is 5.87. The van der Waals surface area contributed by atoms with Gasteiger partial charge in [-0.2, -0.15) is 0 Å². The second kappa shape index (κ2) is 16.8. The number of aromatic amines is 2. The lowest BCUT2D eigenvalue weighted by Gasteiger charge is -2.30. The maximum atomic E-state index is 13.5. The Labute approximate surface area is 314 Å². The van der Waals surface area contributed by atoms with E-state index in [1.165, 1.54) is 14.2 Å². The molecule has 0 aliphatic carbocycles. The molecule has 2 fully saturated rings. The number of carbonyl (C=O) groups is 4. The van der Waals surface area contributed by atoms with Gasteiger partial charge in [0.25, 0.3) is 0 Å². The van der Waals surface area contributed by atoms with Crippen molar-refractivity contribution in [3.63, 3.8) is 0 Å². The summed E-state index contributed by atoms with van der Waals surface area (Å²) in [6, 6.07) is 14.5. The first-order chi connectivity index (χ1) is 26.1. The number of nitrogens with one attached hydrogen (secondary N) is 4. The Balaban J connectivity index is 1.10. The molecule has 0 saturated carbocycles. The first-order valence-electron chi connectivity index (χ1n) is 18.3. The fourth-order valence-corrected chi connectivity index (χ4v) is 7.29. The van der Waals surface area contributed by atoms with E-state index < -0.39 is 24.3 Å². The predicted octanol–water partition coefficient (Wildman–Crippen LogP) is 6.14. The van der Waals surface area contributed by atoms with Gasteiger partial charge in [-0.15, -0.1) is 6.58 Å². The average molecular weight is 737 g/mol. The van der Waals surface area contributed by atoms with Crippen LogP contribution in [0.2, 0.25) is 0 Å². The van der Waals surface area contributed by atoms with Crippen LogP contribution in [0.5, 0.6) is 0 Å². The van der Waals surface area contributed by atoms with Crippen LogP contribution in [0.4, 0.5) is 9.59 Å². The number of aromatic nitrogens is 4. The van der Waals surface area contributed by atoms with Gasteiger partial charge in [0.1, 0.15) is 23.7 Å². The van der Waals surface area contributed by atoms with Crippen molar-refractivity contribution in [1.29, 1.82) is 0 Å². The minimum atomic E-state index is -0.759. The summed E-state index contributed by atoms with van der Waals surface area (Å²) >= 11 is 0. The van der Waals surface area contributed by atoms with Crippen LogP contribution < -0.4 is 10.6 Å². The molecule has 2 aliphatic rings. The molecule has 6 rings (SSSR count). The number of rotatable bonds is 12. The molecule has 4 aromatic rings. The van der Waals surface area contributed by atoms with Crippen LogP contribution in [0.15, 0.2) is 73.6 Å².